The first-order valence-corrected chi connectivity index (χ1v) is 8.65. The fourth-order valence-electron chi connectivity index (χ4n) is 2.16. The topological polar surface area (TPSA) is 55.8 Å². The molecule has 1 saturated heterocycles. The SMILES string of the molecule is COc1cc(OC)c(C=C2SC(=O)N(CC(C)C)C2=O)cc1Br. The van der Waals surface area contributed by atoms with E-state index in [1.54, 1.807) is 32.4 Å². The fourth-order valence-corrected chi connectivity index (χ4v) is 3.52. The van der Waals surface area contributed by atoms with Gasteiger partial charge in [0.1, 0.15) is 11.5 Å². The van der Waals surface area contributed by atoms with E-state index < -0.39 is 0 Å². The second-order valence-corrected chi connectivity index (χ2v) is 7.26. The number of thioether (sulfide) groups is 1. The summed E-state index contributed by atoms with van der Waals surface area (Å²) in [4.78, 5) is 26.1. The van der Waals surface area contributed by atoms with Gasteiger partial charge in [-0.05, 0) is 45.8 Å². The molecular weight excluding hydrogens is 382 g/mol. The molecule has 23 heavy (non-hydrogen) atoms. The van der Waals surface area contributed by atoms with Gasteiger partial charge >= 0.3 is 0 Å². The first-order valence-electron chi connectivity index (χ1n) is 7.04. The molecule has 1 fully saturated rings. The molecule has 0 spiro atoms. The molecule has 1 heterocycles. The molecule has 0 saturated carbocycles. The van der Waals surface area contributed by atoms with Gasteiger partial charge < -0.3 is 9.47 Å². The molecule has 2 rings (SSSR count). The van der Waals surface area contributed by atoms with E-state index >= 15 is 0 Å². The number of carbonyl (C=O) groups excluding carboxylic acids is 2. The highest BCUT2D eigenvalue weighted by Gasteiger charge is 2.35. The molecule has 5 nitrogen and oxygen atoms in total. The summed E-state index contributed by atoms with van der Waals surface area (Å²) in [7, 11) is 3.11. The Morgan fingerprint density at radius 3 is 2.43 bits per heavy atom. The fraction of sp³-hybridized carbons (Fsp3) is 0.375. The molecule has 2 amide bonds. The Labute approximate surface area is 148 Å². The summed E-state index contributed by atoms with van der Waals surface area (Å²) in [6.07, 6.45) is 1.67. The molecule has 124 valence electrons. The van der Waals surface area contributed by atoms with Gasteiger partial charge in [0, 0.05) is 18.2 Å². The van der Waals surface area contributed by atoms with Crippen LogP contribution in [0.5, 0.6) is 11.5 Å². The van der Waals surface area contributed by atoms with Crippen LogP contribution >= 0.6 is 27.7 Å². The Kier molecular flexibility index (Phi) is 5.75. The maximum Gasteiger partial charge on any atom is 0.293 e. The van der Waals surface area contributed by atoms with E-state index in [-0.39, 0.29) is 17.1 Å². The van der Waals surface area contributed by atoms with Gasteiger partial charge in [-0.25, -0.2) is 0 Å². The molecule has 0 radical (unpaired) electrons. The van der Waals surface area contributed by atoms with E-state index in [1.165, 1.54) is 4.90 Å². The van der Waals surface area contributed by atoms with Gasteiger partial charge in [-0.1, -0.05) is 13.8 Å². The number of carbonyl (C=O) groups is 2. The Morgan fingerprint density at radius 2 is 1.87 bits per heavy atom. The van der Waals surface area contributed by atoms with Crippen LogP contribution in [0.2, 0.25) is 0 Å². The van der Waals surface area contributed by atoms with Gasteiger partial charge in [0.25, 0.3) is 11.1 Å². The van der Waals surface area contributed by atoms with Gasteiger partial charge in [-0.3, -0.25) is 14.5 Å². The lowest BCUT2D eigenvalue weighted by Gasteiger charge is -2.14. The molecule has 0 atom stereocenters. The van der Waals surface area contributed by atoms with Crippen LogP contribution in [0.1, 0.15) is 19.4 Å². The second-order valence-electron chi connectivity index (χ2n) is 5.41. The Hall–Kier alpha value is -1.47. The molecule has 0 N–H and O–H groups in total. The summed E-state index contributed by atoms with van der Waals surface area (Å²) in [6.45, 7) is 4.36. The smallest absolute Gasteiger partial charge is 0.293 e. The zero-order valence-electron chi connectivity index (χ0n) is 13.4. The van der Waals surface area contributed by atoms with Gasteiger partial charge in [0.05, 0.1) is 23.6 Å². The minimum absolute atomic E-state index is 0.229. The molecular formula is C16H18BrNO4S. The Balaban J connectivity index is 2.37. The highest BCUT2D eigenvalue weighted by Crippen LogP contribution is 2.37. The number of ether oxygens (including phenoxy) is 2. The summed E-state index contributed by atoms with van der Waals surface area (Å²) in [6, 6.07) is 3.53. The predicted octanol–water partition coefficient (Wildman–Crippen LogP) is 4.16. The highest BCUT2D eigenvalue weighted by atomic mass is 79.9. The predicted molar refractivity (Wildman–Crippen MR) is 94.8 cm³/mol. The van der Waals surface area contributed by atoms with E-state index in [4.69, 9.17) is 9.47 Å². The zero-order chi connectivity index (χ0) is 17.1. The number of benzene rings is 1. The number of imide groups is 1. The molecule has 1 aliphatic rings. The summed E-state index contributed by atoms with van der Waals surface area (Å²) >= 11 is 4.36. The third-order valence-corrected chi connectivity index (χ3v) is 4.74. The average Bonchev–Trinajstić information content (AvgIpc) is 2.75. The van der Waals surface area contributed by atoms with Crippen LogP contribution in [0.25, 0.3) is 6.08 Å². The second kappa shape index (κ2) is 7.40. The Morgan fingerprint density at radius 1 is 1.22 bits per heavy atom. The number of rotatable bonds is 5. The molecule has 1 aliphatic heterocycles. The normalized spacial score (nSPS) is 16.6. The first-order chi connectivity index (χ1) is 10.9. The number of methoxy groups -OCH3 is 2. The zero-order valence-corrected chi connectivity index (χ0v) is 15.8. The average molecular weight is 400 g/mol. The van der Waals surface area contributed by atoms with E-state index in [0.717, 1.165) is 16.2 Å². The van der Waals surface area contributed by atoms with Crippen LogP contribution in [0.15, 0.2) is 21.5 Å². The van der Waals surface area contributed by atoms with Crippen LogP contribution in [0.4, 0.5) is 4.79 Å². The van der Waals surface area contributed by atoms with Crippen molar-refractivity contribution in [2.75, 3.05) is 20.8 Å². The summed E-state index contributed by atoms with van der Waals surface area (Å²) in [5.74, 6) is 1.17. The van der Waals surface area contributed by atoms with E-state index in [1.807, 2.05) is 13.8 Å². The van der Waals surface area contributed by atoms with Crippen LogP contribution in [0.3, 0.4) is 0 Å². The monoisotopic (exact) mass is 399 g/mol. The summed E-state index contributed by atoms with van der Waals surface area (Å²) < 4.78 is 11.3. The van der Waals surface area contributed by atoms with Gasteiger partial charge in [-0.15, -0.1) is 0 Å². The van der Waals surface area contributed by atoms with Gasteiger partial charge in [0.2, 0.25) is 0 Å². The number of hydrogen-bond donors (Lipinski definition) is 0. The lowest BCUT2D eigenvalue weighted by molar-refractivity contribution is -0.123. The minimum Gasteiger partial charge on any atom is -0.496 e. The molecule has 0 aliphatic carbocycles. The lowest BCUT2D eigenvalue weighted by atomic mass is 10.1. The van der Waals surface area contributed by atoms with Crippen molar-refractivity contribution < 1.29 is 19.1 Å². The van der Waals surface area contributed by atoms with Crippen molar-refractivity contribution in [3.8, 4) is 11.5 Å². The first kappa shape index (κ1) is 17.9. The molecule has 7 heteroatoms. The minimum atomic E-state index is -0.261. The maximum atomic E-state index is 12.4. The number of nitrogens with zero attached hydrogens (tertiary/aromatic N) is 1. The van der Waals surface area contributed by atoms with Crippen molar-refractivity contribution >= 4 is 44.9 Å². The maximum absolute atomic E-state index is 12.4. The third-order valence-electron chi connectivity index (χ3n) is 3.21. The molecule has 1 aromatic rings. The van der Waals surface area contributed by atoms with E-state index in [9.17, 15) is 9.59 Å². The van der Waals surface area contributed by atoms with Crippen molar-refractivity contribution in [1.82, 2.24) is 4.90 Å². The van der Waals surface area contributed by atoms with Crippen molar-refractivity contribution in [3.05, 3.63) is 27.1 Å². The standard InChI is InChI=1S/C16H18BrNO4S/c1-9(2)8-18-15(19)14(23-16(18)20)6-10-5-11(17)13(22-4)7-12(10)21-3/h5-7,9H,8H2,1-4H3. The van der Waals surface area contributed by atoms with Crippen molar-refractivity contribution in [2.24, 2.45) is 5.92 Å². The lowest BCUT2D eigenvalue weighted by Crippen LogP contribution is -2.31. The van der Waals surface area contributed by atoms with Crippen LogP contribution in [-0.4, -0.2) is 36.8 Å². The quantitative estimate of drug-likeness (QED) is 0.695. The summed E-state index contributed by atoms with van der Waals surface area (Å²) in [5.41, 5.74) is 0.704. The Bertz CT molecular complexity index is 672. The van der Waals surface area contributed by atoms with Gasteiger partial charge in [0.15, 0.2) is 0 Å². The van der Waals surface area contributed by atoms with Crippen LogP contribution in [-0.2, 0) is 4.79 Å². The highest BCUT2D eigenvalue weighted by molar-refractivity contribution is 9.10. The van der Waals surface area contributed by atoms with Crippen LogP contribution < -0.4 is 9.47 Å². The summed E-state index contributed by atoms with van der Waals surface area (Å²) in [5, 5.41) is -0.235. The number of halogens is 1. The molecule has 1 aromatic carbocycles. The van der Waals surface area contributed by atoms with Crippen molar-refractivity contribution in [2.45, 2.75) is 13.8 Å². The molecule has 0 unspecified atom stereocenters. The van der Waals surface area contributed by atoms with Crippen LogP contribution in [0, 0.1) is 5.92 Å². The van der Waals surface area contributed by atoms with E-state index in [2.05, 4.69) is 15.9 Å². The van der Waals surface area contributed by atoms with Crippen molar-refractivity contribution in [3.63, 3.8) is 0 Å². The largest absolute Gasteiger partial charge is 0.496 e. The van der Waals surface area contributed by atoms with E-state index in [0.29, 0.717) is 28.5 Å². The van der Waals surface area contributed by atoms with Crippen molar-refractivity contribution in [1.29, 1.82) is 0 Å². The third kappa shape index (κ3) is 3.90. The molecule has 0 aromatic heterocycles. The number of amides is 2. The number of hydrogen-bond acceptors (Lipinski definition) is 5. The van der Waals surface area contributed by atoms with Gasteiger partial charge in [-0.2, -0.15) is 0 Å². The molecule has 0 bridgehead atoms.